The maximum Gasteiger partial charge on any atom is 0.573 e. The highest BCUT2D eigenvalue weighted by Crippen LogP contribution is 2.33. The Bertz CT molecular complexity index is 1630. The lowest BCUT2D eigenvalue weighted by atomic mass is 9.89. The zero-order valence-corrected chi connectivity index (χ0v) is 22.4. The molecule has 0 aliphatic carbocycles. The summed E-state index contributed by atoms with van der Waals surface area (Å²) in [5.74, 6) is -0.777. The van der Waals surface area contributed by atoms with E-state index in [1.54, 1.807) is 22.9 Å². The van der Waals surface area contributed by atoms with E-state index in [2.05, 4.69) is 15.0 Å². The number of hydrogen-bond donors (Lipinski definition) is 3. The predicted octanol–water partition coefficient (Wildman–Crippen LogP) is 2.60. The van der Waals surface area contributed by atoms with Crippen LogP contribution in [0.5, 0.6) is 5.75 Å². The lowest BCUT2D eigenvalue weighted by Crippen LogP contribution is -2.50. The minimum Gasteiger partial charge on any atom is -0.406 e. The Hall–Kier alpha value is -3.72. The number of carbonyl (C=O) groups excluding carboxylic acids is 1. The fraction of sp³-hybridized carbons (Fsp3) is 0.333. The number of rotatable bonds is 8. The number of hydrogen-bond acceptors (Lipinski definition) is 7. The maximum absolute atomic E-state index is 13.0. The van der Waals surface area contributed by atoms with E-state index in [0.29, 0.717) is 5.56 Å². The quantitative estimate of drug-likeness (QED) is 0.368. The standard InChI is InChI=1S/C27H27F3N4O6S/c28-27(29,30)40-22-3-1-2-20(15-22)24-31-25(37)26(32-24)8-11-34(12-9-26)41(38,39)13-7-18-4-5-23-19(14-18)6-10-33(23)16-21(36)17-35/h1-7,10,13-15,21,35-36H,8-9,11-12,16-17H2,(H,31,32,37)/b13-7+/t21-/m0/s1. The molecule has 14 heteroatoms. The Morgan fingerprint density at radius 3 is 2.61 bits per heavy atom. The van der Waals surface area contributed by atoms with Crippen molar-refractivity contribution in [3.05, 3.63) is 71.3 Å². The first-order valence-electron chi connectivity index (χ1n) is 12.7. The van der Waals surface area contributed by atoms with Crippen LogP contribution in [0.1, 0.15) is 24.0 Å². The lowest BCUT2D eigenvalue weighted by molar-refractivity contribution is -0.274. The minimum absolute atomic E-state index is 0.0309. The molecule has 2 aliphatic heterocycles. The van der Waals surface area contributed by atoms with Crippen molar-refractivity contribution in [2.24, 2.45) is 4.99 Å². The van der Waals surface area contributed by atoms with Gasteiger partial charge in [-0.25, -0.2) is 8.42 Å². The van der Waals surface area contributed by atoms with Gasteiger partial charge < -0.3 is 24.8 Å². The highest BCUT2D eigenvalue weighted by Gasteiger charge is 2.47. The van der Waals surface area contributed by atoms with Crippen molar-refractivity contribution in [1.29, 1.82) is 0 Å². The second-order valence-corrected chi connectivity index (χ2v) is 11.7. The van der Waals surface area contributed by atoms with Crippen LogP contribution in [0.15, 0.2) is 65.1 Å². The van der Waals surface area contributed by atoms with Crippen molar-refractivity contribution < 1.29 is 41.3 Å². The van der Waals surface area contributed by atoms with Crippen molar-refractivity contribution >= 4 is 38.7 Å². The first-order chi connectivity index (χ1) is 19.4. The highest BCUT2D eigenvalue weighted by molar-refractivity contribution is 7.92. The highest BCUT2D eigenvalue weighted by atomic mass is 32.2. The number of alkyl halides is 3. The number of aliphatic hydroxyl groups is 2. The van der Waals surface area contributed by atoms with E-state index >= 15 is 0 Å². The molecule has 0 unspecified atom stereocenters. The molecule has 2 aromatic carbocycles. The van der Waals surface area contributed by atoms with Crippen molar-refractivity contribution in [3.8, 4) is 5.75 Å². The summed E-state index contributed by atoms with van der Waals surface area (Å²) in [6.45, 7) is -0.0718. The molecule has 1 amide bonds. The first-order valence-corrected chi connectivity index (χ1v) is 14.2. The number of aromatic nitrogens is 1. The van der Waals surface area contributed by atoms with Crippen LogP contribution in [0.3, 0.4) is 0 Å². The summed E-state index contributed by atoms with van der Waals surface area (Å²) in [6.07, 6.45) is -2.29. The van der Waals surface area contributed by atoms with Crippen molar-refractivity contribution in [1.82, 2.24) is 14.2 Å². The summed E-state index contributed by atoms with van der Waals surface area (Å²) in [5.41, 5.74) is 0.504. The molecule has 218 valence electrons. The number of benzene rings is 2. The van der Waals surface area contributed by atoms with Gasteiger partial charge in [-0.3, -0.25) is 9.79 Å². The number of aliphatic hydroxyl groups excluding tert-OH is 2. The molecule has 0 radical (unpaired) electrons. The Balaban J connectivity index is 1.26. The monoisotopic (exact) mass is 592 g/mol. The molecule has 10 nitrogen and oxygen atoms in total. The fourth-order valence-corrected chi connectivity index (χ4v) is 6.15. The SMILES string of the molecule is O=C1NC(c2cccc(OC(F)(F)F)c2)=NC12CCN(S(=O)(=O)/C=C/c1ccc3c(ccn3C[C@H](O)CO)c1)CC2. The van der Waals surface area contributed by atoms with Crippen molar-refractivity contribution in [2.45, 2.75) is 37.4 Å². The van der Waals surface area contributed by atoms with Crippen molar-refractivity contribution in [3.63, 3.8) is 0 Å². The van der Waals surface area contributed by atoms with E-state index in [1.165, 1.54) is 22.5 Å². The molecule has 1 aromatic heterocycles. The number of amidine groups is 1. The number of nitrogens with one attached hydrogen (secondary N) is 1. The summed E-state index contributed by atoms with van der Waals surface area (Å²) >= 11 is 0. The number of halogens is 3. The third kappa shape index (κ3) is 6.30. The molecule has 3 N–H and O–H groups in total. The summed E-state index contributed by atoms with van der Waals surface area (Å²) in [4.78, 5) is 17.3. The molecule has 0 bridgehead atoms. The number of fused-ring (bicyclic) bond motifs is 1. The molecule has 41 heavy (non-hydrogen) atoms. The van der Waals surface area contributed by atoms with Crippen LogP contribution in [0.2, 0.25) is 0 Å². The van der Waals surface area contributed by atoms with Crippen LogP contribution in [0, 0.1) is 0 Å². The zero-order chi connectivity index (χ0) is 29.4. The van der Waals surface area contributed by atoms with Crippen LogP contribution < -0.4 is 10.1 Å². The average molecular weight is 593 g/mol. The summed E-state index contributed by atoms with van der Waals surface area (Å²) in [7, 11) is -3.82. The average Bonchev–Trinajstić information content (AvgIpc) is 3.47. The molecular weight excluding hydrogens is 565 g/mol. The van der Waals surface area contributed by atoms with E-state index < -0.39 is 39.7 Å². The zero-order valence-electron chi connectivity index (χ0n) is 21.6. The predicted molar refractivity (Wildman–Crippen MR) is 144 cm³/mol. The van der Waals surface area contributed by atoms with Gasteiger partial charge in [0, 0.05) is 41.2 Å². The molecular formula is C27H27F3N4O6S. The number of amides is 1. The largest absolute Gasteiger partial charge is 0.573 e. The Kier molecular flexibility index (Phi) is 7.68. The van der Waals surface area contributed by atoms with Gasteiger partial charge in [0.2, 0.25) is 10.0 Å². The third-order valence-electron chi connectivity index (χ3n) is 7.08. The molecule has 5 rings (SSSR count). The van der Waals surface area contributed by atoms with Gasteiger partial charge in [0.1, 0.15) is 17.1 Å². The van der Waals surface area contributed by atoms with Gasteiger partial charge in [-0.1, -0.05) is 18.2 Å². The van der Waals surface area contributed by atoms with Crippen LogP contribution in [0.25, 0.3) is 17.0 Å². The molecule has 1 atom stereocenters. The van der Waals surface area contributed by atoms with Gasteiger partial charge in [0.25, 0.3) is 5.91 Å². The van der Waals surface area contributed by atoms with E-state index in [4.69, 9.17) is 5.11 Å². The van der Waals surface area contributed by atoms with Crippen LogP contribution in [-0.2, 0) is 21.4 Å². The molecule has 0 saturated carbocycles. The topological polar surface area (TPSA) is 133 Å². The fourth-order valence-electron chi connectivity index (χ4n) is 4.96. The number of piperidine rings is 1. The maximum atomic E-state index is 13.0. The first kappa shape index (κ1) is 28.8. The van der Waals surface area contributed by atoms with Gasteiger partial charge >= 0.3 is 6.36 Å². The van der Waals surface area contributed by atoms with E-state index in [9.17, 15) is 31.5 Å². The second kappa shape index (κ2) is 10.9. The Morgan fingerprint density at radius 1 is 1.15 bits per heavy atom. The number of sulfonamides is 1. The van der Waals surface area contributed by atoms with Gasteiger partial charge in [0.15, 0.2) is 0 Å². The Labute approximate surface area is 233 Å². The minimum atomic E-state index is -4.86. The van der Waals surface area contributed by atoms with Crippen LogP contribution >= 0.6 is 0 Å². The number of nitrogens with zero attached hydrogens (tertiary/aromatic N) is 3. The molecule has 3 aromatic rings. The smallest absolute Gasteiger partial charge is 0.406 e. The number of carbonyl (C=O) groups is 1. The van der Waals surface area contributed by atoms with E-state index in [-0.39, 0.29) is 50.5 Å². The van der Waals surface area contributed by atoms with Gasteiger partial charge in [0.05, 0.1) is 19.3 Å². The van der Waals surface area contributed by atoms with Crippen LogP contribution in [0.4, 0.5) is 13.2 Å². The van der Waals surface area contributed by atoms with Gasteiger partial charge in [-0.2, -0.15) is 4.31 Å². The van der Waals surface area contributed by atoms with Crippen LogP contribution in [-0.4, -0.2) is 76.9 Å². The number of aliphatic imine (C=N–C) groups is 1. The third-order valence-corrected chi connectivity index (χ3v) is 8.64. The molecule has 2 aliphatic rings. The summed E-state index contributed by atoms with van der Waals surface area (Å²) in [5, 5.41) is 23.4. The second-order valence-electron chi connectivity index (χ2n) is 9.89. The van der Waals surface area contributed by atoms with E-state index in [1.807, 2.05) is 12.1 Å². The number of ether oxygens (including phenoxy) is 1. The molecule has 3 heterocycles. The van der Waals surface area contributed by atoms with Gasteiger partial charge in [-0.15, -0.1) is 13.2 Å². The Morgan fingerprint density at radius 2 is 1.90 bits per heavy atom. The summed E-state index contributed by atoms with van der Waals surface area (Å²) in [6, 6.07) is 12.3. The van der Waals surface area contributed by atoms with Gasteiger partial charge in [-0.05, 0) is 54.8 Å². The van der Waals surface area contributed by atoms with E-state index in [0.717, 1.165) is 28.4 Å². The lowest BCUT2D eigenvalue weighted by Gasteiger charge is -2.34. The molecule has 1 saturated heterocycles. The molecule has 1 spiro atoms. The molecule has 1 fully saturated rings. The summed E-state index contributed by atoms with van der Waals surface area (Å²) < 4.78 is 70.9. The van der Waals surface area contributed by atoms with Crippen molar-refractivity contribution in [2.75, 3.05) is 19.7 Å². The normalized spacial score (nSPS) is 18.7.